The Morgan fingerprint density at radius 1 is 1.07 bits per heavy atom. The van der Waals surface area contributed by atoms with E-state index < -0.39 is 0 Å². The Morgan fingerprint density at radius 3 is 2.64 bits per heavy atom. The molecule has 0 atom stereocenters. The molecule has 3 aromatic rings. The Labute approximate surface area is 169 Å². The van der Waals surface area contributed by atoms with Crippen molar-refractivity contribution < 1.29 is 4.79 Å². The van der Waals surface area contributed by atoms with Gasteiger partial charge in [0.15, 0.2) is 0 Å². The standard InChI is InChI=1S/C22H26N4OS/c27-22(23-14-20-2-1-13-28-20)18-5-6-19-7-8-21(26(19)16-18)25-11-9-24(10-12-25)15-17-3-4-17/h1-2,5-8,13,16-17H,3-4,9-12,14-15H2,(H,23,27). The number of piperazine rings is 1. The highest BCUT2D eigenvalue weighted by atomic mass is 32.1. The van der Waals surface area contributed by atoms with Crippen molar-refractivity contribution in [3.63, 3.8) is 0 Å². The average molecular weight is 395 g/mol. The molecule has 0 unspecified atom stereocenters. The van der Waals surface area contributed by atoms with Crippen LogP contribution in [-0.4, -0.2) is 47.9 Å². The van der Waals surface area contributed by atoms with Crippen LogP contribution < -0.4 is 10.2 Å². The lowest BCUT2D eigenvalue weighted by Gasteiger charge is -2.35. The van der Waals surface area contributed by atoms with E-state index in [4.69, 9.17) is 0 Å². The van der Waals surface area contributed by atoms with E-state index in [2.05, 4.69) is 31.7 Å². The molecule has 5 rings (SSSR count). The molecule has 1 saturated heterocycles. The molecule has 2 fully saturated rings. The lowest BCUT2D eigenvalue weighted by Crippen LogP contribution is -2.47. The first-order valence-electron chi connectivity index (χ1n) is 10.2. The molecule has 2 aliphatic rings. The third-order valence-corrected chi connectivity index (χ3v) is 6.68. The number of hydrogen-bond donors (Lipinski definition) is 1. The predicted octanol–water partition coefficient (Wildman–Crippen LogP) is 3.46. The van der Waals surface area contributed by atoms with E-state index in [0.717, 1.165) is 37.6 Å². The van der Waals surface area contributed by atoms with E-state index in [1.807, 2.05) is 35.8 Å². The van der Waals surface area contributed by atoms with Gasteiger partial charge in [0.25, 0.3) is 5.91 Å². The minimum absolute atomic E-state index is 0.0239. The van der Waals surface area contributed by atoms with Gasteiger partial charge < -0.3 is 14.6 Å². The number of nitrogens with zero attached hydrogens (tertiary/aromatic N) is 3. The Balaban J connectivity index is 1.28. The number of anilines is 1. The lowest BCUT2D eigenvalue weighted by atomic mass is 10.2. The third kappa shape index (κ3) is 3.80. The second kappa shape index (κ2) is 7.60. The summed E-state index contributed by atoms with van der Waals surface area (Å²) < 4.78 is 2.16. The van der Waals surface area contributed by atoms with Gasteiger partial charge in [0.05, 0.1) is 12.1 Å². The van der Waals surface area contributed by atoms with E-state index in [9.17, 15) is 4.79 Å². The van der Waals surface area contributed by atoms with Crippen LogP contribution in [0.3, 0.4) is 0 Å². The molecule has 0 radical (unpaired) electrons. The first kappa shape index (κ1) is 17.8. The van der Waals surface area contributed by atoms with Crippen molar-refractivity contribution in [2.45, 2.75) is 19.4 Å². The first-order chi connectivity index (χ1) is 13.8. The topological polar surface area (TPSA) is 40.0 Å². The monoisotopic (exact) mass is 394 g/mol. The average Bonchev–Trinajstić information content (AvgIpc) is 3.21. The molecule has 28 heavy (non-hydrogen) atoms. The SMILES string of the molecule is O=C(NCc1cccs1)c1ccc2ccc(N3CCN(CC4CC4)CC3)n2c1. The van der Waals surface area contributed by atoms with Crippen LogP contribution in [0, 0.1) is 5.92 Å². The van der Waals surface area contributed by atoms with Crippen LogP contribution >= 0.6 is 11.3 Å². The fourth-order valence-corrected chi connectivity index (χ4v) is 4.63. The maximum Gasteiger partial charge on any atom is 0.253 e. The van der Waals surface area contributed by atoms with Crippen molar-refractivity contribution in [1.82, 2.24) is 14.6 Å². The number of hydrogen-bond acceptors (Lipinski definition) is 4. The maximum atomic E-state index is 12.6. The fourth-order valence-electron chi connectivity index (χ4n) is 3.99. The molecule has 3 aromatic heterocycles. The predicted molar refractivity (Wildman–Crippen MR) is 114 cm³/mol. The number of rotatable bonds is 6. The van der Waals surface area contributed by atoms with Gasteiger partial charge in [0.2, 0.25) is 0 Å². The van der Waals surface area contributed by atoms with Crippen LogP contribution in [0.1, 0.15) is 28.1 Å². The fraction of sp³-hybridized carbons (Fsp3) is 0.409. The van der Waals surface area contributed by atoms with Crippen molar-refractivity contribution in [2.75, 3.05) is 37.6 Å². The van der Waals surface area contributed by atoms with Crippen LogP contribution in [0.2, 0.25) is 0 Å². The Morgan fingerprint density at radius 2 is 1.89 bits per heavy atom. The highest BCUT2D eigenvalue weighted by Gasteiger charge is 2.27. The molecule has 1 aliphatic carbocycles. The van der Waals surface area contributed by atoms with Gasteiger partial charge in [0, 0.05) is 49.3 Å². The minimum Gasteiger partial charge on any atom is -0.355 e. The molecular formula is C22H26N4OS. The van der Waals surface area contributed by atoms with Crippen molar-refractivity contribution in [3.8, 4) is 0 Å². The highest BCUT2D eigenvalue weighted by Crippen LogP contribution is 2.30. The van der Waals surface area contributed by atoms with Gasteiger partial charge in [-0.1, -0.05) is 6.07 Å². The van der Waals surface area contributed by atoms with E-state index >= 15 is 0 Å². The number of carbonyl (C=O) groups is 1. The molecule has 5 nitrogen and oxygen atoms in total. The zero-order valence-electron chi connectivity index (χ0n) is 16.0. The van der Waals surface area contributed by atoms with E-state index in [0.29, 0.717) is 12.1 Å². The van der Waals surface area contributed by atoms with Gasteiger partial charge >= 0.3 is 0 Å². The van der Waals surface area contributed by atoms with Crippen LogP contribution in [0.25, 0.3) is 5.52 Å². The van der Waals surface area contributed by atoms with Crippen molar-refractivity contribution in [2.24, 2.45) is 5.92 Å². The van der Waals surface area contributed by atoms with Crippen LogP contribution in [0.5, 0.6) is 0 Å². The van der Waals surface area contributed by atoms with Crippen LogP contribution in [-0.2, 0) is 6.54 Å². The summed E-state index contributed by atoms with van der Waals surface area (Å²) in [4.78, 5) is 18.8. The van der Waals surface area contributed by atoms with Crippen LogP contribution in [0.4, 0.5) is 5.82 Å². The van der Waals surface area contributed by atoms with Gasteiger partial charge in [-0.2, -0.15) is 0 Å². The zero-order valence-corrected chi connectivity index (χ0v) is 16.8. The number of pyridine rings is 1. The summed E-state index contributed by atoms with van der Waals surface area (Å²) >= 11 is 1.66. The molecular weight excluding hydrogens is 368 g/mol. The quantitative estimate of drug-likeness (QED) is 0.696. The summed E-state index contributed by atoms with van der Waals surface area (Å²) in [7, 11) is 0. The van der Waals surface area contributed by atoms with Crippen molar-refractivity contribution >= 4 is 28.6 Å². The number of thiophene rings is 1. The second-order valence-corrected chi connectivity index (χ2v) is 8.93. The Hall–Kier alpha value is -2.31. The molecule has 0 spiro atoms. The van der Waals surface area contributed by atoms with E-state index in [1.165, 1.54) is 30.1 Å². The van der Waals surface area contributed by atoms with E-state index in [-0.39, 0.29) is 5.91 Å². The number of fused-ring (bicyclic) bond motifs is 1. The molecule has 0 aromatic carbocycles. The largest absolute Gasteiger partial charge is 0.355 e. The van der Waals surface area contributed by atoms with Gasteiger partial charge in [-0.25, -0.2) is 0 Å². The molecule has 1 saturated carbocycles. The summed E-state index contributed by atoms with van der Waals surface area (Å²) in [6, 6.07) is 12.3. The summed E-state index contributed by atoms with van der Waals surface area (Å²) in [5.41, 5.74) is 1.83. The molecule has 1 aliphatic heterocycles. The van der Waals surface area contributed by atoms with Gasteiger partial charge in [0.1, 0.15) is 5.82 Å². The maximum absolute atomic E-state index is 12.6. The molecule has 4 heterocycles. The lowest BCUT2D eigenvalue weighted by molar-refractivity contribution is 0.0951. The summed E-state index contributed by atoms with van der Waals surface area (Å²) in [5, 5.41) is 5.06. The normalized spacial score (nSPS) is 17.9. The van der Waals surface area contributed by atoms with Gasteiger partial charge in [-0.05, 0) is 54.5 Å². The van der Waals surface area contributed by atoms with E-state index in [1.54, 1.807) is 11.3 Å². The number of nitrogens with one attached hydrogen (secondary N) is 1. The van der Waals surface area contributed by atoms with Crippen molar-refractivity contribution in [1.29, 1.82) is 0 Å². The molecule has 6 heteroatoms. The summed E-state index contributed by atoms with van der Waals surface area (Å²) in [6.45, 7) is 6.21. The number of carbonyl (C=O) groups excluding carboxylic acids is 1. The first-order valence-corrected chi connectivity index (χ1v) is 11.0. The Bertz CT molecular complexity index is 952. The molecule has 0 bridgehead atoms. The minimum atomic E-state index is -0.0239. The summed E-state index contributed by atoms with van der Waals surface area (Å²) in [5.74, 6) is 2.12. The Kier molecular flexibility index (Phi) is 4.82. The van der Waals surface area contributed by atoms with Crippen molar-refractivity contribution in [3.05, 3.63) is 58.4 Å². The van der Waals surface area contributed by atoms with Gasteiger partial charge in [-0.3, -0.25) is 9.69 Å². The van der Waals surface area contributed by atoms with Gasteiger partial charge in [-0.15, -0.1) is 11.3 Å². The molecule has 1 amide bonds. The smallest absolute Gasteiger partial charge is 0.253 e. The zero-order chi connectivity index (χ0) is 18.9. The highest BCUT2D eigenvalue weighted by molar-refractivity contribution is 7.09. The van der Waals surface area contributed by atoms with Crippen LogP contribution in [0.15, 0.2) is 48.0 Å². The number of aromatic nitrogens is 1. The summed E-state index contributed by atoms with van der Waals surface area (Å²) in [6.07, 6.45) is 4.81. The number of amides is 1. The second-order valence-electron chi connectivity index (χ2n) is 7.90. The molecule has 146 valence electrons. The molecule has 1 N–H and O–H groups in total. The third-order valence-electron chi connectivity index (χ3n) is 5.81.